The zero-order valence-corrected chi connectivity index (χ0v) is 28.3. The number of nitrogens with zero attached hydrogens (tertiary/aromatic N) is 2. The number of fused-ring (bicyclic) bond motifs is 1. The number of carbonyl (C=O) groups is 5. The minimum atomic E-state index is -1.33. The Morgan fingerprint density at radius 2 is 1.53 bits per heavy atom. The molecule has 1 saturated heterocycles. The van der Waals surface area contributed by atoms with Crippen molar-refractivity contribution in [3.05, 3.63) is 77.9 Å². The molecule has 3 aromatic carbocycles. The van der Waals surface area contributed by atoms with Crippen LogP contribution in [0.5, 0.6) is 5.75 Å². The maximum absolute atomic E-state index is 14.2. The third-order valence-electron chi connectivity index (χ3n) is 8.48. The molecule has 0 spiro atoms. The number of phenolic OH excluding ortho intramolecular Hbond substituents is 1. The predicted octanol–water partition coefficient (Wildman–Crippen LogP) is -0.466. The molecule has 3 aromatic rings. The standard InChI is InChI=1S/C36H47N9O6/c1-45-30(9-4-16-37)34(50)43-27(8-5-17-40-36(38)39)33(49)44-28(20-23-10-13-24-6-2-3-7-25(24)18-23)32(48)41-21-31(47)42-29(35(45)51)19-22-11-14-26(46)15-12-22/h2-3,6-7,10-15,18,27-30,46H,4-5,8-9,16-17,19-21,37H2,1H3,(H,41,48)(H,42,47)(H,43,50)(H,44,49)(H4,38,39,40)/t27-,28-,29-,30-/m0/s1/i1D/hD. The highest BCUT2D eigenvalue weighted by Crippen LogP contribution is 2.18. The Labute approximate surface area is 299 Å². The van der Waals surface area contributed by atoms with E-state index in [0.717, 1.165) is 15.7 Å². The second-order valence-electron chi connectivity index (χ2n) is 12.4. The normalized spacial score (nSPS) is 21.5. The van der Waals surface area contributed by atoms with E-state index in [1.807, 2.05) is 36.4 Å². The number of carbonyl (C=O) groups excluding carboxylic acids is 5. The van der Waals surface area contributed by atoms with E-state index in [2.05, 4.69) is 20.9 Å². The summed E-state index contributed by atoms with van der Waals surface area (Å²) in [6.07, 6.45) is 0.446. The SMILES string of the molecule is [2H]CN1C(=O)[C@H](Cc2ccc(O)cc2)NC(=O)CN([2H])C(=O)[C@H](Cc2ccc3ccccc3c2)NC(=O)[C@H](CCCN=C(N)N)NC(=O)[C@@H]1CCCN. The predicted molar refractivity (Wildman–Crippen MR) is 193 cm³/mol. The molecule has 0 bridgehead atoms. The van der Waals surface area contributed by atoms with E-state index in [1.54, 1.807) is 18.2 Å². The van der Waals surface area contributed by atoms with Gasteiger partial charge in [-0.25, -0.2) is 0 Å². The van der Waals surface area contributed by atoms with Crippen LogP contribution in [0.25, 0.3) is 10.8 Å². The number of hydrogen-bond donors (Lipinski definition) is 8. The molecule has 15 heteroatoms. The number of hydrogen-bond acceptors (Lipinski definition) is 8. The van der Waals surface area contributed by atoms with Gasteiger partial charge in [0.05, 0.1) is 6.54 Å². The summed E-state index contributed by atoms with van der Waals surface area (Å²) in [4.78, 5) is 74.4. The van der Waals surface area contributed by atoms with Gasteiger partial charge < -0.3 is 48.5 Å². The van der Waals surface area contributed by atoms with Crippen molar-refractivity contribution in [2.75, 3.05) is 26.7 Å². The molecular weight excluding hydrogens is 654 g/mol. The molecular formula is C36H47N9O6. The number of nitrogens with one attached hydrogen (secondary N) is 4. The van der Waals surface area contributed by atoms with Crippen molar-refractivity contribution in [1.29, 1.82) is 0 Å². The van der Waals surface area contributed by atoms with Crippen molar-refractivity contribution in [1.82, 2.24) is 26.2 Å². The molecule has 5 amide bonds. The third-order valence-corrected chi connectivity index (χ3v) is 8.48. The fourth-order valence-corrected chi connectivity index (χ4v) is 5.78. The number of aliphatic imine (C=N–C) groups is 1. The first-order valence-corrected chi connectivity index (χ1v) is 16.7. The number of rotatable bonds is 11. The van der Waals surface area contributed by atoms with E-state index in [-0.39, 0.29) is 63.3 Å². The van der Waals surface area contributed by atoms with Gasteiger partial charge in [0.2, 0.25) is 29.5 Å². The minimum Gasteiger partial charge on any atom is -0.508 e. The van der Waals surface area contributed by atoms with Crippen LogP contribution in [0.2, 0.25) is 1.41 Å². The Hall–Kier alpha value is -5.70. The Kier molecular flexibility index (Phi) is 12.6. The van der Waals surface area contributed by atoms with Crippen LogP contribution < -0.4 is 38.5 Å². The molecule has 0 radical (unpaired) electrons. The smallest absolute Gasteiger partial charge is 0.245 e. The van der Waals surface area contributed by atoms with E-state index in [9.17, 15) is 29.1 Å². The first-order chi connectivity index (χ1) is 25.4. The average molecular weight is 704 g/mol. The van der Waals surface area contributed by atoms with Crippen LogP contribution in [-0.2, 0) is 36.8 Å². The first kappa shape index (κ1) is 35.1. The van der Waals surface area contributed by atoms with Gasteiger partial charge in [-0.3, -0.25) is 29.0 Å². The Morgan fingerprint density at radius 1 is 0.843 bits per heavy atom. The van der Waals surface area contributed by atoms with Crippen molar-refractivity contribution in [2.24, 2.45) is 22.2 Å². The molecule has 15 nitrogen and oxygen atoms in total. The zero-order valence-electron chi connectivity index (χ0n) is 30.3. The third kappa shape index (κ3) is 11.2. The zero-order chi connectivity index (χ0) is 38.5. The summed E-state index contributed by atoms with van der Waals surface area (Å²) in [7, 11) is -0.679. The molecule has 4 atom stereocenters. The maximum atomic E-state index is 14.2. The minimum absolute atomic E-state index is 0.0184. The van der Waals surface area contributed by atoms with Crippen molar-refractivity contribution in [3.63, 3.8) is 0 Å². The molecule has 4 rings (SSSR count). The number of phenols is 1. The number of nitrogens with two attached hydrogens (primary N) is 3. The van der Waals surface area contributed by atoms with E-state index in [4.69, 9.17) is 20.0 Å². The molecule has 1 aliphatic rings. The highest BCUT2D eigenvalue weighted by atomic mass is 16.3. The fourth-order valence-electron chi connectivity index (χ4n) is 5.78. The van der Waals surface area contributed by atoms with Gasteiger partial charge in [0.15, 0.2) is 7.37 Å². The maximum Gasteiger partial charge on any atom is 0.245 e. The van der Waals surface area contributed by atoms with E-state index in [1.165, 1.54) is 12.1 Å². The van der Waals surface area contributed by atoms with E-state index >= 15 is 0 Å². The van der Waals surface area contributed by atoms with Crippen LogP contribution in [0.15, 0.2) is 71.7 Å². The largest absolute Gasteiger partial charge is 0.508 e. The van der Waals surface area contributed by atoms with Gasteiger partial charge in [-0.2, -0.15) is 0 Å². The van der Waals surface area contributed by atoms with Gasteiger partial charge in [0, 0.05) is 27.8 Å². The van der Waals surface area contributed by atoms with Crippen LogP contribution in [0.4, 0.5) is 0 Å². The number of amides is 5. The monoisotopic (exact) mass is 703 g/mol. The van der Waals surface area contributed by atoms with Crippen molar-refractivity contribution >= 4 is 46.3 Å². The molecule has 1 heterocycles. The Morgan fingerprint density at radius 3 is 2.24 bits per heavy atom. The lowest BCUT2D eigenvalue weighted by Crippen LogP contribution is -2.58. The Balaban J connectivity index is 1.75. The molecule has 51 heavy (non-hydrogen) atoms. The van der Waals surface area contributed by atoms with Gasteiger partial charge in [-0.05, 0) is 66.3 Å². The first-order valence-electron chi connectivity index (χ1n) is 17.9. The molecule has 0 saturated carbocycles. The van der Waals surface area contributed by atoms with Gasteiger partial charge in [0.25, 0.3) is 0 Å². The molecule has 0 unspecified atom stereocenters. The van der Waals surface area contributed by atoms with Gasteiger partial charge in [-0.1, -0.05) is 54.6 Å². The van der Waals surface area contributed by atoms with Gasteiger partial charge >= 0.3 is 0 Å². The highest BCUT2D eigenvalue weighted by molar-refractivity contribution is 5.97. The lowest BCUT2D eigenvalue weighted by atomic mass is 10.00. The number of likely N-dealkylation sites (N-methyl/N-ethyl adjacent to an activating group) is 1. The lowest BCUT2D eigenvalue weighted by Gasteiger charge is -2.32. The second kappa shape index (κ2) is 18.3. The number of aromatic hydroxyl groups is 1. The van der Waals surface area contributed by atoms with Crippen molar-refractivity contribution in [2.45, 2.75) is 62.7 Å². The average Bonchev–Trinajstić information content (AvgIpc) is 3.13. The number of guanidine groups is 1. The molecule has 0 aromatic heterocycles. The summed E-state index contributed by atoms with van der Waals surface area (Å²) in [5.41, 5.74) is 17.9. The molecule has 272 valence electrons. The Bertz CT molecular complexity index is 1790. The summed E-state index contributed by atoms with van der Waals surface area (Å²) < 4.78 is 16.9. The molecule has 1 fully saturated rings. The van der Waals surface area contributed by atoms with Gasteiger partial charge in [-0.15, -0.1) is 0 Å². The van der Waals surface area contributed by atoms with E-state index < -0.39 is 67.3 Å². The van der Waals surface area contributed by atoms with Crippen LogP contribution in [0.3, 0.4) is 0 Å². The van der Waals surface area contributed by atoms with Crippen LogP contribution in [-0.4, -0.2) is 96.3 Å². The molecule has 11 N–H and O–H groups in total. The molecule has 1 aliphatic heterocycles. The summed E-state index contributed by atoms with van der Waals surface area (Å²) in [6.45, 7) is -0.501. The van der Waals surface area contributed by atoms with E-state index in [0.29, 0.717) is 16.4 Å². The van der Waals surface area contributed by atoms with Crippen LogP contribution >= 0.6 is 0 Å². The summed E-state index contributed by atoms with van der Waals surface area (Å²) in [6, 6.07) is 13.9. The van der Waals surface area contributed by atoms with Crippen molar-refractivity contribution < 1.29 is 31.9 Å². The lowest BCUT2D eigenvalue weighted by molar-refractivity contribution is -0.142. The summed E-state index contributed by atoms with van der Waals surface area (Å²) in [5.74, 6) is -4.21. The van der Waals surface area contributed by atoms with Gasteiger partial charge in [0.1, 0.15) is 29.9 Å². The highest BCUT2D eigenvalue weighted by Gasteiger charge is 2.35. The summed E-state index contributed by atoms with van der Waals surface area (Å²) >= 11 is 0. The van der Waals surface area contributed by atoms with Crippen molar-refractivity contribution in [3.8, 4) is 5.75 Å². The van der Waals surface area contributed by atoms with Crippen LogP contribution in [0.1, 0.15) is 38.2 Å². The second-order valence-corrected chi connectivity index (χ2v) is 12.4. The quantitative estimate of drug-likeness (QED) is 0.0730. The number of benzene rings is 3. The topological polar surface area (TPSA) is 247 Å². The van der Waals surface area contributed by atoms with Crippen LogP contribution in [0, 0.1) is 0 Å². The molecule has 0 aliphatic carbocycles. The summed E-state index contributed by atoms with van der Waals surface area (Å²) in [5, 5.41) is 20.0. The fraction of sp³-hybridized carbons (Fsp3) is 0.389.